The molecule has 1 aromatic carbocycles. The van der Waals surface area contributed by atoms with Gasteiger partial charge < -0.3 is 5.32 Å². The van der Waals surface area contributed by atoms with E-state index in [1.165, 1.54) is 0 Å². The van der Waals surface area contributed by atoms with E-state index in [1.807, 2.05) is 12.1 Å². The molecule has 86 valence electrons. The lowest BCUT2D eigenvalue weighted by Crippen LogP contribution is -1.92. The fourth-order valence-corrected chi connectivity index (χ4v) is 1.61. The molecule has 2 rings (SSSR count). The largest absolute Gasteiger partial charge is 0.354 e. The molecule has 0 aliphatic carbocycles. The highest BCUT2D eigenvalue weighted by Crippen LogP contribution is 2.22. The van der Waals surface area contributed by atoms with Gasteiger partial charge in [0.15, 0.2) is 0 Å². The molecule has 1 aromatic heterocycles. The Balaban J connectivity index is 2.21. The molecule has 0 unspecified atom stereocenters. The highest BCUT2D eigenvalue weighted by molar-refractivity contribution is 6.32. The quantitative estimate of drug-likeness (QED) is 0.893. The number of halogens is 1. The van der Waals surface area contributed by atoms with Crippen molar-refractivity contribution in [3.8, 4) is 12.1 Å². The van der Waals surface area contributed by atoms with Crippen LogP contribution in [0.25, 0.3) is 0 Å². The molecule has 0 bridgehead atoms. The van der Waals surface area contributed by atoms with Crippen molar-refractivity contribution >= 4 is 23.0 Å². The number of anilines is 2. The van der Waals surface area contributed by atoms with Gasteiger partial charge in [-0.3, -0.25) is 0 Å². The summed E-state index contributed by atoms with van der Waals surface area (Å²) in [5.74, 6) is 0. The zero-order chi connectivity index (χ0) is 13.0. The third-order valence-electron chi connectivity index (χ3n) is 2.26. The Morgan fingerprint density at radius 1 is 1.06 bits per heavy atom. The number of hydrogen-bond acceptors (Lipinski definition) is 4. The second-order valence-corrected chi connectivity index (χ2v) is 3.88. The smallest absolute Gasteiger partial charge is 0.140 e. The van der Waals surface area contributed by atoms with Gasteiger partial charge in [0.1, 0.15) is 17.8 Å². The predicted octanol–water partition coefficient (Wildman–Crippen LogP) is 3.22. The van der Waals surface area contributed by atoms with E-state index in [1.54, 1.807) is 36.5 Å². The van der Waals surface area contributed by atoms with Crippen molar-refractivity contribution in [1.29, 1.82) is 10.5 Å². The Morgan fingerprint density at radius 3 is 2.39 bits per heavy atom. The molecule has 18 heavy (non-hydrogen) atoms. The number of benzene rings is 1. The summed E-state index contributed by atoms with van der Waals surface area (Å²) >= 11 is 5.92. The molecule has 1 heterocycles. The summed E-state index contributed by atoms with van der Waals surface area (Å²) in [4.78, 5) is 3.94. The van der Waals surface area contributed by atoms with Crippen LogP contribution in [-0.4, -0.2) is 4.98 Å². The minimum atomic E-state index is 0.360. The van der Waals surface area contributed by atoms with Crippen LogP contribution in [0.3, 0.4) is 0 Å². The highest BCUT2D eigenvalue weighted by atomic mass is 35.5. The van der Waals surface area contributed by atoms with Gasteiger partial charge in [-0.1, -0.05) is 11.6 Å². The Kier molecular flexibility index (Phi) is 3.43. The molecule has 1 N–H and O–H groups in total. The third kappa shape index (κ3) is 2.57. The van der Waals surface area contributed by atoms with Gasteiger partial charge in [0, 0.05) is 5.69 Å². The molecule has 0 atom stereocenters. The molecular formula is C13H7ClN4. The molecular weight excluding hydrogens is 248 g/mol. The SMILES string of the molecule is N#Cc1ccc(Nc2ccc(C#N)c(Cl)c2)cn1. The van der Waals surface area contributed by atoms with E-state index >= 15 is 0 Å². The van der Waals surface area contributed by atoms with Crippen LogP contribution >= 0.6 is 11.6 Å². The maximum absolute atomic E-state index is 8.76. The molecule has 0 saturated heterocycles. The number of nitrogens with zero attached hydrogens (tertiary/aromatic N) is 3. The molecule has 0 aliphatic rings. The summed E-state index contributed by atoms with van der Waals surface area (Å²) in [6.45, 7) is 0. The van der Waals surface area contributed by atoms with Gasteiger partial charge in [-0.15, -0.1) is 0 Å². The van der Waals surface area contributed by atoms with Crippen LogP contribution in [0.15, 0.2) is 36.5 Å². The monoisotopic (exact) mass is 254 g/mol. The lowest BCUT2D eigenvalue weighted by Gasteiger charge is -2.06. The van der Waals surface area contributed by atoms with E-state index in [0.717, 1.165) is 11.4 Å². The first kappa shape index (κ1) is 11.9. The zero-order valence-corrected chi connectivity index (χ0v) is 9.94. The lowest BCUT2D eigenvalue weighted by molar-refractivity contribution is 1.26. The fourth-order valence-electron chi connectivity index (χ4n) is 1.38. The summed E-state index contributed by atoms with van der Waals surface area (Å²) in [6, 6.07) is 12.4. The van der Waals surface area contributed by atoms with Gasteiger partial charge in [0.05, 0.1) is 22.5 Å². The lowest BCUT2D eigenvalue weighted by atomic mass is 10.2. The average Bonchev–Trinajstić information content (AvgIpc) is 2.40. The van der Waals surface area contributed by atoms with E-state index in [-0.39, 0.29) is 0 Å². The van der Waals surface area contributed by atoms with Crippen molar-refractivity contribution in [2.45, 2.75) is 0 Å². The Labute approximate surface area is 109 Å². The predicted molar refractivity (Wildman–Crippen MR) is 68.4 cm³/mol. The van der Waals surface area contributed by atoms with Gasteiger partial charge in [0.2, 0.25) is 0 Å². The van der Waals surface area contributed by atoms with Gasteiger partial charge in [-0.25, -0.2) is 4.98 Å². The van der Waals surface area contributed by atoms with E-state index in [9.17, 15) is 0 Å². The molecule has 0 aliphatic heterocycles. The Morgan fingerprint density at radius 2 is 1.83 bits per heavy atom. The average molecular weight is 255 g/mol. The molecule has 0 fully saturated rings. The van der Waals surface area contributed by atoms with Crippen molar-refractivity contribution in [2.24, 2.45) is 0 Å². The number of rotatable bonds is 2. The van der Waals surface area contributed by atoms with Crippen LogP contribution in [0, 0.1) is 22.7 Å². The molecule has 0 spiro atoms. The Bertz CT molecular complexity index is 650. The normalized spacial score (nSPS) is 9.28. The van der Waals surface area contributed by atoms with Crippen LogP contribution in [0.4, 0.5) is 11.4 Å². The first-order valence-electron chi connectivity index (χ1n) is 5.06. The third-order valence-corrected chi connectivity index (χ3v) is 2.57. The molecule has 0 radical (unpaired) electrons. The second-order valence-electron chi connectivity index (χ2n) is 3.48. The number of aromatic nitrogens is 1. The van der Waals surface area contributed by atoms with Crippen LogP contribution in [-0.2, 0) is 0 Å². The molecule has 5 heteroatoms. The second kappa shape index (κ2) is 5.18. The van der Waals surface area contributed by atoms with Crippen LogP contribution in [0.2, 0.25) is 5.02 Å². The van der Waals surface area contributed by atoms with Crippen molar-refractivity contribution in [3.63, 3.8) is 0 Å². The van der Waals surface area contributed by atoms with Crippen LogP contribution < -0.4 is 5.32 Å². The van der Waals surface area contributed by atoms with Crippen molar-refractivity contribution in [1.82, 2.24) is 4.98 Å². The number of hydrogen-bond donors (Lipinski definition) is 1. The number of nitrogens with one attached hydrogen (secondary N) is 1. The minimum Gasteiger partial charge on any atom is -0.354 e. The van der Waals surface area contributed by atoms with Crippen LogP contribution in [0.5, 0.6) is 0 Å². The Hall–Kier alpha value is -2.56. The molecule has 0 amide bonds. The van der Waals surface area contributed by atoms with Crippen LogP contribution in [0.1, 0.15) is 11.3 Å². The number of pyridine rings is 1. The molecule has 2 aromatic rings. The van der Waals surface area contributed by atoms with E-state index in [4.69, 9.17) is 22.1 Å². The maximum atomic E-state index is 8.76. The van der Waals surface area contributed by atoms with E-state index in [2.05, 4.69) is 10.3 Å². The minimum absolute atomic E-state index is 0.360. The topological polar surface area (TPSA) is 72.5 Å². The highest BCUT2D eigenvalue weighted by Gasteiger charge is 2.01. The van der Waals surface area contributed by atoms with Crippen molar-refractivity contribution < 1.29 is 0 Å². The number of nitriles is 2. The summed E-state index contributed by atoms with van der Waals surface area (Å²) in [7, 11) is 0. The summed E-state index contributed by atoms with van der Waals surface area (Å²) in [6.07, 6.45) is 1.56. The van der Waals surface area contributed by atoms with Gasteiger partial charge in [-0.05, 0) is 30.3 Å². The van der Waals surface area contributed by atoms with Gasteiger partial charge in [0.25, 0.3) is 0 Å². The van der Waals surface area contributed by atoms with Crippen molar-refractivity contribution in [2.75, 3.05) is 5.32 Å². The van der Waals surface area contributed by atoms with Gasteiger partial charge in [-0.2, -0.15) is 10.5 Å². The van der Waals surface area contributed by atoms with Gasteiger partial charge >= 0.3 is 0 Å². The molecule has 0 saturated carbocycles. The first-order valence-corrected chi connectivity index (χ1v) is 5.43. The van der Waals surface area contributed by atoms with E-state index < -0.39 is 0 Å². The van der Waals surface area contributed by atoms with Crippen molar-refractivity contribution in [3.05, 3.63) is 52.8 Å². The standard InChI is InChI=1S/C13H7ClN4/c14-13-5-10(2-1-9(13)6-15)18-12-4-3-11(7-16)17-8-12/h1-5,8,18H. The summed E-state index contributed by atoms with van der Waals surface area (Å²) in [5.41, 5.74) is 2.29. The fraction of sp³-hybridized carbons (Fsp3) is 0. The summed E-state index contributed by atoms with van der Waals surface area (Å²) in [5, 5.41) is 20.9. The first-order chi connectivity index (χ1) is 8.72. The maximum Gasteiger partial charge on any atom is 0.140 e. The molecule has 4 nitrogen and oxygen atoms in total. The van der Waals surface area contributed by atoms with E-state index in [0.29, 0.717) is 16.3 Å². The summed E-state index contributed by atoms with van der Waals surface area (Å²) < 4.78 is 0. The zero-order valence-electron chi connectivity index (χ0n) is 9.18.